The molecule has 0 saturated heterocycles. The number of methoxy groups -OCH3 is 1. The molecule has 34 heavy (non-hydrogen) atoms. The molecule has 1 aromatic carbocycles. The topological polar surface area (TPSA) is 81.0 Å². The van der Waals surface area contributed by atoms with E-state index in [0.717, 1.165) is 24.0 Å². The monoisotopic (exact) mass is 460 g/mol. The SMILES string of the molecule is C=C(c1ncc(-c2ccc(-c3ccnc(OC)c3)cc2O)nn1)[C@@H]1C[C@](C)(CCC)C=C[C@@H]1F. The molecule has 3 aromatic rings. The maximum atomic E-state index is 14.7. The molecule has 6 nitrogen and oxygen atoms in total. The molecule has 2 heterocycles. The Morgan fingerprint density at radius 3 is 2.68 bits per heavy atom. The molecule has 176 valence electrons. The summed E-state index contributed by atoms with van der Waals surface area (Å²) in [6.45, 7) is 8.38. The number of aromatic hydroxyl groups is 1. The van der Waals surface area contributed by atoms with Crippen molar-refractivity contribution < 1.29 is 14.2 Å². The van der Waals surface area contributed by atoms with Crippen LogP contribution in [0.15, 0.2) is 61.5 Å². The van der Waals surface area contributed by atoms with Gasteiger partial charge in [0.05, 0.1) is 13.3 Å². The number of hydrogen-bond acceptors (Lipinski definition) is 6. The van der Waals surface area contributed by atoms with E-state index in [4.69, 9.17) is 4.74 Å². The number of pyridine rings is 1. The molecule has 0 amide bonds. The Kier molecular flexibility index (Phi) is 6.72. The molecule has 0 unspecified atom stereocenters. The third kappa shape index (κ3) is 4.83. The summed E-state index contributed by atoms with van der Waals surface area (Å²) in [4.78, 5) is 8.51. The van der Waals surface area contributed by atoms with Crippen molar-refractivity contribution in [2.24, 2.45) is 11.3 Å². The molecular formula is C27H29FN4O2. The summed E-state index contributed by atoms with van der Waals surface area (Å²) < 4.78 is 19.9. The largest absolute Gasteiger partial charge is 0.507 e. The molecule has 0 bridgehead atoms. The predicted molar refractivity (Wildman–Crippen MR) is 131 cm³/mol. The highest BCUT2D eigenvalue weighted by molar-refractivity contribution is 5.74. The number of aromatic nitrogens is 4. The van der Waals surface area contributed by atoms with Gasteiger partial charge >= 0.3 is 0 Å². The fourth-order valence-electron chi connectivity index (χ4n) is 4.55. The summed E-state index contributed by atoms with van der Waals surface area (Å²) in [7, 11) is 1.55. The van der Waals surface area contributed by atoms with Crippen LogP contribution in [0.3, 0.4) is 0 Å². The van der Waals surface area contributed by atoms with Crippen molar-refractivity contribution in [3.63, 3.8) is 0 Å². The number of benzene rings is 1. The lowest BCUT2D eigenvalue weighted by molar-refractivity contribution is 0.218. The van der Waals surface area contributed by atoms with Crippen molar-refractivity contribution in [2.45, 2.75) is 39.3 Å². The summed E-state index contributed by atoms with van der Waals surface area (Å²) in [6.07, 6.45) is 8.36. The van der Waals surface area contributed by atoms with Crippen LogP contribution >= 0.6 is 0 Å². The van der Waals surface area contributed by atoms with Gasteiger partial charge in [0, 0.05) is 23.7 Å². The molecule has 0 radical (unpaired) electrons. The zero-order valence-electron chi connectivity index (χ0n) is 19.7. The first-order valence-corrected chi connectivity index (χ1v) is 11.4. The minimum absolute atomic E-state index is 0.0486. The summed E-state index contributed by atoms with van der Waals surface area (Å²) in [5.74, 6) is 0.475. The standard InChI is InChI=1S/C27H29FN4O2/c1-5-10-27(3)11-8-22(28)21(15-27)17(2)26-30-16-23(31-32-26)20-7-6-18(13-24(20)33)19-9-12-29-25(14-19)34-4/h6-9,11-14,16,21-22,33H,2,5,10,15H2,1,3-4H3/t21-,22-,27+/m0/s1. The minimum Gasteiger partial charge on any atom is -0.507 e. The van der Waals surface area contributed by atoms with Crippen LogP contribution in [0.25, 0.3) is 28.0 Å². The number of allylic oxidation sites excluding steroid dienone is 3. The Morgan fingerprint density at radius 1 is 1.21 bits per heavy atom. The smallest absolute Gasteiger partial charge is 0.213 e. The van der Waals surface area contributed by atoms with Gasteiger partial charge in [-0.15, -0.1) is 10.2 Å². The maximum absolute atomic E-state index is 14.7. The first kappa shape index (κ1) is 23.5. The van der Waals surface area contributed by atoms with Crippen LogP contribution in [0, 0.1) is 11.3 Å². The molecule has 0 saturated carbocycles. The zero-order chi connectivity index (χ0) is 24.3. The molecule has 1 N–H and O–H groups in total. The number of phenolic OH excluding ortho intramolecular Hbond substituents is 1. The van der Waals surface area contributed by atoms with E-state index in [9.17, 15) is 9.50 Å². The number of phenols is 1. The average Bonchev–Trinajstić information content (AvgIpc) is 2.85. The Bertz CT molecular complexity index is 1210. The van der Waals surface area contributed by atoms with Gasteiger partial charge in [-0.1, -0.05) is 45.1 Å². The number of hydrogen-bond donors (Lipinski definition) is 1. The quantitative estimate of drug-likeness (QED) is 0.432. The lowest BCUT2D eigenvalue weighted by atomic mass is 9.70. The summed E-state index contributed by atoms with van der Waals surface area (Å²) in [5, 5.41) is 19.1. The molecule has 1 aliphatic rings. The highest BCUT2D eigenvalue weighted by atomic mass is 19.1. The molecule has 4 rings (SSSR count). The Morgan fingerprint density at radius 2 is 2.00 bits per heavy atom. The van der Waals surface area contributed by atoms with Gasteiger partial charge < -0.3 is 9.84 Å². The fourth-order valence-corrected chi connectivity index (χ4v) is 4.55. The molecule has 3 atom stereocenters. The second-order valence-corrected chi connectivity index (χ2v) is 9.03. The number of rotatable bonds is 7. The van der Waals surface area contributed by atoms with Crippen LogP contribution in [-0.4, -0.2) is 38.6 Å². The van der Waals surface area contributed by atoms with Gasteiger partial charge in [0.15, 0.2) is 5.82 Å². The molecule has 7 heteroatoms. The van der Waals surface area contributed by atoms with Crippen LogP contribution in [0.5, 0.6) is 11.6 Å². The molecule has 0 fully saturated rings. The Balaban J connectivity index is 1.54. The van der Waals surface area contributed by atoms with E-state index in [1.807, 2.05) is 18.2 Å². The molecular weight excluding hydrogens is 431 g/mol. The van der Waals surface area contributed by atoms with E-state index in [0.29, 0.717) is 35.0 Å². The summed E-state index contributed by atoms with van der Waals surface area (Å²) in [5.41, 5.74) is 3.07. The summed E-state index contributed by atoms with van der Waals surface area (Å²) in [6, 6.07) is 8.91. The van der Waals surface area contributed by atoms with E-state index < -0.39 is 6.17 Å². The highest BCUT2D eigenvalue weighted by Crippen LogP contribution is 2.43. The van der Waals surface area contributed by atoms with Crippen LogP contribution in [-0.2, 0) is 0 Å². The first-order chi connectivity index (χ1) is 16.3. The molecule has 2 aromatic heterocycles. The van der Waals surface area contributed by atoms with E-state index in [1.165, 1.54) is 6.20 Å². The third-order valence-electron chi connectivity index (χ3n) is 6.42. The molecule has 0 spiro atoms. The van der Waals surface area contributed by atoms with Gasteiger partial charge in [0.25, 0.3) is 0 Å². The van der Waals surface area contributed by atoms with Crippen molar-refractivity contribution in [3.8, 4) is 34.0 Å². The van der Waals surface area contributed by atoms with Gasteiger partial charge in [-0.05, 0) is 53.2 Å². The maximum Gasteiger partial charge on any atom is 0.213 e. The van der Waals surface area contributed by atoms with E-state index in [1.54, 1.807) is 37.6 Å². The zero-order valence-corrected chi connectivity index (χ0v) is 19.7. The van der Waals surface area contributed by atoms with Crippen LogP contribution in [0.4, 0.5) is 4.39 Å². The Labute approximate surface area is 199 Å². The predicted octanol–water partition coefficient (Wildman–Crippen LogP) is 6.05. The average molecular weight is 461 g/mol. The second kappa shape index (κ2) is 9.71. The van der Waals surface area contributed by atoms with Gasteiger partial charge in [0.1, 0.15) is 17.6 Å². The van der Waals surface area contributed by atoms with Gasteiger partial charge in [-0.2, -0.15) is 0 Å². The van der Waals surface area contributed by atoms with Gasteiger partial charge in [-0.3, -0.25) is 0 Å². The molecule has 0 aliphatic heterocycles. The van der Waals surface area contributed by atoms with Crippen LogP contribution in [0.1, 0.15) is 38.9 Å². The minimum atomic E-state index is -1.12. The summed E-state index contributed by atoms with van der Waals surface area (Å²) >= 11 is 0. The number of alkyl halides is 1. The number of nitrogens with zero attached hydrogens (tertiary/aromatic N) is 4. The third-order valence-corrected chi connectivity index (χ3v) is 6.42. The van der Waals surface area contributed by atoms with Crippen LogP contribution in [0.2, 0.25) is 0 Å². The van der Waals surface area contributed by atoms with Gasteiger partial charge in [-0.25, -0.2) is 14.4 Å². The first-order valence-electron chi connectivity index (χ1n) is 11.4. The molecule has 1 aliphatic carbocycles. The van der Waals surface area contributed by atoms with Gasteiger partial charge in [0.2, 0.25) is 5.88 Å². The normalized spacial score (nSPS) is 21.9. The number of halogens is 1. The van der Waals surface area contributed by atoms with Crippen molar-refractivity contribution >= 4 is 5.57 Å². The van der Waals surface area contributed by atoms with Crippen LogP contribution < -0.4 is 4.74 Å². The van der Waals surface area contributed by atoms with Crippen molar-refractivity contribution in [3.05, 3.63) is 67.3 Å². The van der Waals surface area contributed by atoms with E-state index >= 15 is 0 Å². The lowest BCUT2D eigenvalue weighted by Crippen LogP contribution is -2.29. The Hall–Kier alpha value is -3.61. The highest BCUT2D eigenvalue weighted by Gasteiger charge is 2.36. The van der Waals surface area contributed by atoms with Crippen molar-refractivity contribution in [2.75, 3.05) is 7.11 Å². The van der Waals surface area contributed by atoms with E-state index in [2.05, 4.69) is 40.6 Å². The fraction of sp³-hybridized carbons (Fsp3) is 0.333. The number of ether oxygens (including phenoxy) is 1. The van der Waals surface area contributed by atoms with Crippen molar-refractivity contribution in [1.82, 2.24) is 20.2 Å². The lowest BCUT2D eigenvalue weighted by Gasteiger charge is -2.36. The second-order valence-electron chi connectivity index (χ2n) is 9.03. The van der Waals surface area contributed by atoms with E-state index in [-0.39, 0.29) is 17.1 Å². The van der Waals surface area contributed by atoms with Crippen molar-refractivity contribution in [1.29, 1.82) is 0 Å².